The number of amides is 1. The SMILES string of the molecule is COc1ccc(Br)c(C(=O)O[C@H](C)C(=O)NCc2ccc(F)cc2)c1. The van der Waals surface area contributed by atoms with Crippen LogP contribution in [0.25, 0.3) is 0 Å². The number of hydrogen-bond acceptors (Lipinski definition) is 4. The first-order valence-corrected chi connectivity index (χ1v) is 8.26. The Bertz CT molecular complexity index is 764. The van der Waals surface area contributed by atoms with Gasteiger partial charge in [-0.1, -0.05) is 12.1 Å². The zero-order valence-electron chi connectivity index (χ0n) is 13.7. The number of carbonyl (C=O) groups is 2. The smallest absolute Gasteiger partial charge is 0.340 e. The minimum Gasteiger partial charge on any atom is -0.497 e. The Morgan fingerprint density at radius 1 is 1.20 bits per heavy atom. The predicted octanol–water partition coefficient (Wildman–Crippen LogP) is 3.46. The zero-order chi connectivity index (χ0) is 18.4. The van der Waals surface area contributed by atoms with Crippen LogP contribution in [0.15, 0.2) is 46.9 Å². The fourth-order valence-corrected chi connectivity index (χ4v) is 2.41. The predicted molar refractivity (Wildman–Crippen MR) is 93.8 cm³/mol. The lowest BCUT2D eigenvalue weighted by Crippen LogP contribution is -2.35. The molecule has 5 nitrogen and oxygen atoms in total. The van der Waals surface area contributed by atoms with Crippen molar-refractivity contribution in [2.24, 2.45) is 0 Å². The van der Waals surface area contributed by atoms with E-state index in [1.54, 1.807) is 24.3 Å². The lowest BCUT2D eigenvalue weighted by atomic mass is 10.2. The molecular weight excluding hydrogens is 393 g/mol. The highest BCUT2D eigenvalue weighted by Crippen LogP contribution is 2.23. The van der Waals surface area contributed by atoms with Gasteiger partial charge in [-0.15, -0.1) is 0 Å². The summed E-state index contributed by atoms with van der Waals surface area (Å²) in [6, 6.07) is 10.6. The first kappa shape index (κ1) is 18.9. The number of carbonyl (C=O) groups excluding carboxylic acids is 2. The van der Waals surface area contributed by atoms with Gasteiger partial charge in [0.1, 0.15) is 11.6 Å². The Labute approximate surface area is 153 Å². The van der Waals surface area contributed by atoms with Crippen molar-refractivity contribution in [3.8, 4) is 5.75 Å². The molecule has 2 rings (SSSR count). The van der Waals surface area contributed by atoms with Gasteiger partial charge in [0.15, 0.2) is 6.10 Å². The average molecular weight is 410 g/mol. The average Bonchev–Trinajstić information content (AvgIpc) is 2.61. The van der Waals surface area contributed by atoms with Crippen LogP contribution in [0.2, 0.25) is 0 Å². The van der Waals surface area contributed by atoms with Gasteiger partial charge in [-0.25, -0.2) is 9.18 Å². The normalized spacial score (nSPS) is 11.5. The maximum absolute atomic E-state index is 12.8. The van der Waals surface area contributed by atoms with Gasteiger partial charge in [0, 0.05) is 11.0 Å². The third-order valence-corrected chi connectivity index (χ3v) is 4.12. The van der Waals surface area contributed by atoms with Gasteiger partial charge < -0.3 is 14.8 Å². The number of halogens is 2. The Hall–Kier alpha value is -2.41. The summed E-state index contributed by atoms with van der Waals surface area (Å²) in [5.41, 5.74) is 1.00. The minimum absolute atomic E-state index is 0.212. The molecular formula is C18H17BrFNO4. The highest BCUT2D eigenvalue weighted by atomic mass is 79.9. The van der Waals surface area contributed by atoms with E-state index in [1.807, 2.05) is 0 Å². The highest BCUT2D eigenvalue weighted by Gasteiger charge is 2.20. The highest BCUT2D eigenvalue weighted by molar-refractivity contribution is 9.10. The quantitative estimate of drug-likeness (QED) is 0.741. The van der Waals surface area contributed by atoms with Crippen molar-refractivity contribution in [2.75, 3.05) is 7.11 Å². The Balaban J connectivity index is 1.94. The second kappa shape index (κ2) is 8.62. The maximum atomic E-state index is 12.8. The van der Waals surface area contributed by atoms with E-state index in [0.29, 0.717) is 10.2 Å². The molecule has 0 aliphatic carbocycles. The topological polar surface area (TPSA) is 64.6 Å². The first-order valence-electron chi connectivity index (χ1n) is 7.47. The van der Waals surface area contributed by atoms with E-state index < -0.39 is 18.0 Å². The summed E-state index contributed by atoms with van der Waals surface area (Å²) in [6.45, 7) is 1.69. The summed E-state index contributed by atoms with van der Waals surface area (Å²) in [5, 5.41) is 2.64. The molecule has 0 saturated heterocycles. The van der Waals surface area contributed by atoms with Crippen molar-refractivity contribution >= 4 is 27.8 Å². The Kier molecular flexibility index (Phi) is 6.52. The number of benzene rings is 2. The second-order valence-electron chi connectivity index (χ2n) is 5.24. The molecule has 7 heteroatoms. The van der Waals surface area contributed by atoms with Crippen molar-refractivity contribution in [2.45, 2.75) is 19.6 Å². The number of methoxy groups -OCH3 is 1. The van der Waals surface area contributed by atoms with E-state index in [1.165, 1.54) is 32.2 Å². The number of esters is 1. The third kappa shape index (κ3) is 5.29. The molecule has 1 atom stereocenters. The number of ether oxygens (including phenoxy) is 2. The van der Waals surface area contributed by atoms with Gasteiger partial charge in [-0.05, 0) is 58.7 Å². The van der Waals surface area contributed by atoms with Gasteiger partial charge in [-0.2, -0.15) is 0 Å². The molecule has 1 amide bonds. The number of hydrogen-bond donors (Lipinski definition) is 1. The molecule has 0 heterocycles. The lowest BCUT2D eigenvalue weighted by Gasteiger charge is -2.14. The van der Waals surface area contributed by atoms with Gasteiger partial charge >= 0.3 is 5.97 Å². The maximum Gasteiger partial charge on any atom is 0.340 e. The Morgan fingerprint density at radius 3 is 2.52 bits per heavy atom. The van der Waals surface area contributed by atoms with Crippen LogP contribution in [-0.4, -0.2) is 25.1 Å². The molecule has 0 bridgehead atoms. The van der Waals surface area contributed by atoms with Crippen molar-refractivity contribution < 1.29 is 23.5 Å². The molecule has 2 aromatic carbocycles. The second-order valence-corrected chi connectivity index (χ2v) is 6.09. The van der Waals surface area contributed by atoms with E-state index in [4.69, 9.17) is 9.47 Å². The lowest BCUT2D eigenvalue weighted by molar-refractivity contribution is -0.129. The Morgan fingerprint density at radius 2 is 1.88 bits per heavy atom. The van der Waals surface area contributed by atoms with E-state index in [9.17, 15) is 14.0 Å². The van der Waals surface area contributed by atoms with Crippen LogP contribution in [0.1, 0.15) is 22.8 Å². The van der Waals surface area contributed by atoms with Crippen molar-refractivity contribution in [1.82, 2.24) is 5.32 Å². The van der Waals surface area contributed by atoms with Gasteiger partial charge in [-0.3, -0.25) is 4.79 Å². The van der Waals surface area contributed by atoms with Crippen molar-refractivity contribution in [3.05, 3.63) is 63.9 Å². The van der Waals surface area contributed by atoms with Crippen molar-refractivity contribution in [3.63, 3.8) is 0 Å². The van der Waals surface area contributed by atoms with Crippen LogP contribution in [0.4, 0.5) is 4.39 Å². The van der Waals surface area contributed by atoms with Crippen LogP contribution < -0.4 is 10.1 Å². The van der Waals surface area contributed by atoms with Crippen LogP contribution in [0.3, 0.4) is 0 Å². The van der Waals surface area contributed by atoms with E-state index in [2.05, 4.69) is 21.2 Å². The molecule has 0 saturated carbocycles. The fraction of sp³-hybridized carbons (Fsp3) is 0.222. The fourth-order valence-electron chi connectivity index (χ4n) is 2.00. The summed E-state index contributed by atoms with van der Waals surface area (Å²) in [7, 11) is 1.49. The van der Waals surface area contributed by atoms with Crippen LogP contribution in [0.5, 0.6) is 5.75 Å². The van der Waals surface area contributed by atoms with Gasteiger partial charge in [0.2, 0.25) is 0 Å². The molecule has 0 aromatic heterocycles. The number of nitrogens with one attached hydrogen (secondary N) is 1. The largest absolute Gasteiger partial charge is 0.497 e. The van der Waals surface area contributed by atoms with Gasteiger partial charge in [0.05, 0.1) is 12.7 Å². The summed E-state index contributed by atoms with van der Waals surface area (Å²) in [5.74, 6) is -0.934. The zero-order valence-corrected chi connectivity index (χ0v) is 15.3. The number of rotatable bonds is 6. The van der Waals surface area contributed by atoms with Crippen LogP contribution in [0, 0.1) is 5.82 Å². The molecule has 0 fully saturated rings. The molecule has 132 valence electrons. The summed E-state index contributed by atoms with van der Waals surface area (Å²) in [6.07, 6.45) is -0.981. The first-order chi connectivity index (χ1) is 11.9. The molecule has 1 N–H and O–H groups in total. The molecule has 0 radical (unpaired) electrons. The van der Waals surface area contributed by atoms with Crippen molar-refractivity contribution in [1.29, 1.82) is 0 Å². The van der Waals surface area contributed by atoms with E-state index >= 15 is 0 Å². The summed E-state index contributed by atoms with van der Waals surface area (Å²) in [4.78, 5) is 24.3. The molecule has 0 aliphatic heterocycles. The monoisotopic (exact) mass is 409 g/mol. The molecule has 0 spiro atoms. The van der Waals surface area contributed by atoms with Gasteiger partial charge in [0.25, 0.3) is 5.91 Å². The van der Waals surface area contributed by atoms with Crippen LogP contribution in [-0.2, 0) is 16.1 Å². The molecule has 0 unspecified atom stereocenters. The summed E-state index contributed by atoms with van der Waals surface area (Å²) >= 11 is 3.27. The molecule has 25 heavy (non-hydrogen) atoms. The third-order valence-electron chi connectivity index (χ3n) is 3.43. The molecule has 0 aliphatic rings. The molecule has 2 aromatic rings. The standard InChI is InChI=1S/C18H17BrFNO4/c1-11(17(22)21-10-12-3-5-13(20)6-4-12)25-18(23)15-9-14(24-2)7-8-16(15)19/h3-9,11H,10H2,1-2H3,(H,21,22)/t11-/m1/s1. The van der Waals surface area contributed by atoms with Crippen LogP contribution >= 0.6 is 15.9 Å². The van der Waals surface area contributed by atoms with E-state index in [-0.39, 0.29) is 17.9 Å². The minimum atomic E-state index is -0.981. The van der Waals surface area contributed by atoms with E-state index in [0.717, 1.165) is 5.56 Å². The summed E-state index contributed by atoms with van der Waals surface area (Å²) < 4.78 is 23.6.